The third kappa shape index (κ3) is 2.82. The van der Waals surface area contributed by atoms with E-state index in [0.717, 1.165) is 16.9 Å². The topological polar surface area (TPSA) is 81.0 Å². The summed E-state index contributed by atoms with van der Waals surface area (Å²) in [5, 5.41) is 0. The van der Waals surface area contributed by atoms with E-state index < -0.39 is 0 Å². The van der Waals surface area contributed by atoms with Gasteiger partial charge >= 0.3 is 0 Å². The maximum absolute atomic E-state index is 11.5. The first-order valence-electron chi connectivity index (χ1n) is 6.37. The Morgan fingerprint density at radius 3 is 2.50 bits per heavy atom. The predicted molar refractivity (Wildman–Crippen MR) is 80.0 cm³/mol. The average molecular weight is 273 g/mol. The third-order valence-electron chi connectivity index (χ3n) is 3.06. The fraction of sp³-hybridized carbons (Fsp3) is 0.333. The lowest BCUT2D eigenvalue weighted by Crippen LogP contribution is -2.14. The van der Waals surface area contributed by atoms with Gasteiger partial charge in [-0.05, 0) is 23.6 Å². The van der Waals surface area contributed by atoms with E-state index in [9.17, 15) is 4.79 Å². The molecule has 2 aromatic rings. The molecule has 2 rings (SSSR count). The molecule has 20 heavy (non-hydrogen) atoms. The molecule has 0 fully saturated rings. The molecule has 5 heteroatoms. The minimum atomic E-state index is -0.263. The maximum Gasteiger partial charge on any atom is 0.252 e. The number of nitrogens with two attached hydrogens (primary N) is 1. The molecule has 1 aromatic heterocycles. The second-order valence-corrected chi connectivity index (χ2v) is 5.68. The zero-order chi connectivity index (χ0) is 14.9. The molecule has 0 unspecified atom stereocenters. The van der Waals surface area contributed by atoms with Crippen molar-refractivity contribution in [2.45, 2.75) is 26.2 Å². The number of benzene rings is 1. The Hall–Kier alpha value is -2.30. The fourth-order valence-electron chi connectivity index (χ4n) is 2.08. The van der Waals surface area contributed by atoms with Crippen molar-refractivity contribution in [3.63, 3.8) is 0 Å². The average Bonchev–Trinajstić information content (AvgIpc) is 2.35. The third-order valence-corrected chi connectivity index (χ3v) is 3.06. The minimum absolute atomic E-state index is 0.0753. The Balaban J connectivity index is 2.61. The van der Waals surface area contributed by atoms with Gasteiger partial charge < -0.3 is 10.5 Å². The number of ether oxygens (including phenoxy) is 1. The standard InChI is InChI=1S/C15H19N3O2/c1-15(2,3)10-7-9(5-6-12(10)20-4)11-8-13(19)18-14(16)17-11/h5-8H,1-4H3,(H3,16,17,18,19). The Morgan fingerprint density at radius 1 is 1.25 bits per heavy atom. The minimum Gasteiger partial charge on any atom is -0.496 e. The van der Waals surface area contributed by atoms with Crippen LogP contribution in [0.4, 0.5) is 5.95 Å². The summed E-state index contributed by atoms with van der Waals surface area (Å²) >= 11 is 0. The van der Waals surface area contributed by atoms with E-state index in [-0.39, 0.29) is 16.9 Å². The number of aromatic amines is 1. The highest BCUT2D eigenvalue weighted by atomic mass is 16.5. The quantitative estimate of drug-likeness (QED) is 0.880. The van der Waals surface area contributed by atoms with Crippen molar-refractivity contribution in [3.8, 4) is 17.0 Å². The SMILES string of the molecule is COc1ccc(-c2cc(=O)[nH]c(N)n2)cc1C(C)(C)C. The van der Waals surface area contributed by atoms with Gasteiger partial charge in [0.15, 0.2) is 0 Å². The number of nitrogens with one attached hydrogen (secondary N) is 1. The van der Waals surface area contributed by atoms with Crippen molar-refractivity contribution in [1.82, 2.24) is 9.97 Å². The molecule has 3 N–H and O–H groups in total. The van der Waals surface area contributed by atoms with Gasteiger partial charge in [0.1, 0.15) is 5.75 Å². The molecular weight excluding hydrogens is 254 g/mol. The Labute approximate surface area is 117 Å². The van der Waals surface area contributed by atoms with Crippen LogP contribution in [-0.2, 0) is 5.41 Å². The normalized spacial score (nSPS) is 11.4. The Kier molecular flexibility index (Phi) is 3.53. The predicted octanol–water partition coefficient (Wildman–Crippen LogP) is 2.33. The highest BCUT2D eigenvalue weighted by molar-refractivity contribution is 5.63. The van der Waals surface area contributed by atoms with Crippen molar-refractivity contribution >= 4 is 5.95 Å². The molecular formula is C15H19N3O2. The molecule has 0 atom stereocenters. The Morgan fingerprint density at radius 2 is 1.95 bits per heavy atom. The number of rotatable bonds is 2. The zero-order valence-electron chi connectivity index (χ0n) is 12.2. The molecule has 1 aromatic carbocycles. The first-order chi connectivity index (χ1) is 9.31. The fourth-order valence-corrected chi connectivity index (χ4v) is 2.08. The van der Waals surface area contributed by atoms with Crippen LogP contribution < -0.4 is 16.0 Å². The van der Waals surface area contributed by atoms with Gasteiger partial charge in [-0.2, -0.15) is 0 Å². The van der Waals surface area contributed by atoms with Crippen molar-refractivity contribution in [3.05, 3.63) is 40.2 Å². The number of nitrogen functional groups attached to an aromatic ring is 1. The number of H-pyrrole nitrogens is 1. The molecule has 1 heterocycles. The first-order valence-corrected chi connectivity index (χ1v) is 6.37. The van der Waals surface area contributed by atoms with Gasteiger partial charge in [-0.3, -0.25) is 9.78 Å². The van der Waals surface area contributed by atoms with Crippen LogP contribution in [0, 0.1) is 0 Å². The van der Waals surface area contributed by atoms with Crippen LogP contribution in [0.15, 0.2) is 29.1 Å². The molecule has 5 nitrogen and oxygen atoms in total. The molecule has 0 radical (unpaired) electrons. The highest BCUT2D eigenvalue weighted by Crippen LogP contribution is 2.34. The van der Waals surface area contributed by atoms with Crippen LogP contribution in [0.2, 0.25) is 0 Å². The largest absolute Gasteiger partial charge is 0.496 e. The lowest BCUT2D eigenvalue weighted by Gasteiger charge is -2.22. The van der Waals surface area contributed by atoms with Gasteiger partial charge in [0.2, 0.25) is 5.95 Å². The van der Waals surface area contributed by atoms with E-state index in [1.165, 1.54) is 6.07 Å². The maximum atomic E-state index is 11.5. The summed E-state index contributed by atoms with van der Waals surface area (Å²) < 4.78 is 5.40. The van der Waals surface area contributed by atoms with Gasteiger partial charge in [-0.15, -0.1) is 0 Å². The van der Waals surface area contributed by atoms with Crippen molar-refractivity contribution in [2.24, 2.45) is 0 Å². The molecule has 0 saturated heterocycles. The molecule has 0 bridgehead atoms. The van der Waals surface area contributed by atoms with Crippen LogP contribution in [0.1, 0.15) is 26.3 Å². The number of hydrogen-bond acceptors (Lipinski definition) is 4. The summed E-state index contributed by atoms with van der Waals surface area (Å²) in [6, 6.07) is 7.18. The van der Waals surface area contributed by atoms with E-state index in [1.807, 2.05) is 18.2 Å². The summed E-state index contributed by atoms with van der Waals surface area (Å²) in [5.41, 5.74) is 7.70. The highest BCUT2D eigenvalue weighted by Gasteiger charge is 2.20. The van der Waals surface area contributed by atoms with E-state index >= 15 is 0 Å². The van der Waals surface area contributed by atoms with Crippen LogP contribution in [0.5, 0.6) is 5.75 Å². The molecule has 0 aliphatic rings. The molecule has 0 spiro atoms. The smallest absolute Gasteiger partial charge is 0.252 e. The van der Waals surface area contributed by atoms with E-state index in [0.29, 0.717) is 5.69 Å². The van der Waals surface area contributed by atoms with Gasteiger partial charge in [0, 0.05) is 17.2 Å². The van der Waals surface area contributed by atoms with Crippen LogP contribution in [-0.4, -0.2) is 17.1 Å². The van der Waals surface area contributed by atoms with Crippen molar-refractivity contribution < 1.29 is 4.74 Å². The van der Waals surface area contributed by atoms with E-state index in [2.05, 4.69) is 30.7 Å². The van der Waals surface area contributed by atoms with Crippen molar-refractivity contribution in [2.75, 3.05) is 12.8 Å². The van der Waals surface area contributed by atoms with Gasteiger partial charge in [0.05, 0.1) is 12.8 Å². The first kappa shape index (κ1) is 14.1. The second-order valence-electron chi connectivity index (χ2n) is 5.68. The number of aromatic nitrogens is 2. The lowest BCUT2D eigenvalue weighted by molar-refractivity contribution is 0.397. The lowest BCUT2D eigenvalue weighted by atomic mass is 9.85. The summed E-state index contributed by atoms with van der Waals surface area (Å²) in [6.45, 7) is 6.32. The van der Waals surface area contributed by atoms with E-state index in [4.69, 9.17) is 10.5 Å². The number of nitrogens with zero attached hydrogens (tertiary/aromatic N) is 1. The molecule has 106 valence electrons. The van der Waals surface area contributed by atoms with Gasteiger partial charge in [0.25, 0.3) is 5.56 Å². The Bertz CT molecular complexity index is 684. The van der Waals surface area contributed by atoms with Gasteiger partial charge in [-0.1, -0.05) is 20.8 Å². The zero-order valence-corrected chi connectivity index (χ0v) is 12.2. The molecule has 0 aliphatic heterocycles. The number of anilines is 1. The van der Waals surface area contributed by atoms with Crippen LogP contribution in [0.25, 0.3) is 11.3 Å². The van der Waals surface area contributed by atoms with Crippen molar-refractivity contribution in [1.29, 1.82) is 0 Å². The number of hydrogen-bond donors (Lipinski definition) is 2. The van der Waals surface area contributed by atoms with Crippen LogP contribution in [0.3, 0.4) is 0 Å². The van der Waals surface area contributed by atoms with E-state index in [1.54, 1.807) is 7.11 Å². The molecule has 0 aliphatic carbocycles. The summed E-state index contributed by atoms with van der Waals surface area (Å²) in [5.74, 6) is 0.930. The molecule has 0 saturated carbocycles. The monoisotopic (exact) mass is 273 g/mol. The summed E-state index contributed by atoms with van der Waals surface area (Å²) in [7, 11) is 1.65. The number of methoxy groups -OCH3 is 1. The molecule has 0 amide bonds. The summed E-state index contributed by atoms with van der Waals surface area (Å²) in [6.07, 6.45) is 0. The summed E-state index contributed by atoms with van der Waals surface area (Å²) in [4.78, 5) is 18.1. The van der Waals surface area contributed by atoms with Gasteiger partial charge in [-0.25, -0.2) is 4.98 Å². The second kappa shape index (κ2) is 5.00. The van der Waals surface area contributed by atoms with Crippen LogP contribution >= 0.6 is 0 Å².